The van der Waals surface area contributed by atoms with E-state index in [9.17, 15) is 8.42 Å². The van der Waals surface area contributed by atoms with Crippen molar-refractivity contribution in [3.05, 3.63) is 18.3 Å². The van der Waals surface area contributed by atoms with E-state index in [-0.39, 0.29) is 0 Å². The number of H-pyrrole nitrogens is 1. The number of hydrogen-bond donors (Lipinski definition) is 0. The number of rotatable bonds is 4. The minimum Gasteiger partial charge on any atom is -0.262 e. The van der Waals surface area contributed by atoms with Crippen molar-refractivity contribution in [1.29, 1.82) is 0 Å². The van der Waals surface area contributed by atoms with Crippen LogP contribution in [0.25, 0.3) is 0 Å². The van der Waals surface area contributed by atoms with E-state index < -0.39 is 10.0 Å². The van der Waals surface area contributed by atoms with Crippen molar-refractivity contribution in [3.8, 4) is 0 Å². The van der Waals surface area contributed by atoms with Crippen LogP contribution in [0, 0.1) is 0 Å². The van der Waals surface area contributed by atoms with Gasteiger partial charge in [0.25, 0.3) is 5.82 Å². The van der Waals surface area contributed by atoms with Gasteiger partial charge in [-0.2, -0.15) is 4.31 Å². The molecule has 2 fully saturated rings. The van der Waals surface area contributed by atoms with Gasteiger partial charge >= 0.3 is 0 Å². The maximum atomic E-state index is 12.5. The largest absolute Gasteiger partial charge is 0.274 e. The van der Waals surface area contributed by atoms with Crippen molar-refractivity contribution in [2.45, 2.75) is 55.9 Å². The molecule has 0 unspecified atom stereocenters. The average molecular weight is 324 g/mol. The fraction of sp³-hybridized carbons (Fsp3) is 0.688. The van der Waals surface area contributed by atoms with Crippen LogP contribution in [0.2, 0.25) is 0 Å². The standard InChI is InChI=1S/C16H25N3O2S/c1-18(14-7-3-2-4-8-14)16-10-9-15(13-17-16)22(20,21)19-11-5-6-12-19/h9-10,13-14H,2-8,11-12H2,1H3/p+1. The fourth-order valence-corrected chi connectivity index (χ4v) is 5.01. The minimum atomic E-state index is -3.32. The lowest BCUT2D eigenvalue weighted by Crippen LogP contribution is -2.37. The number of aromatic nitrogens is 1. The van der Waals surface area contributed by atoms with Crippen molar-refractivity contribution >= 4 is 15.8 Å². The van der Waals surface area contributed by atoms with Crippen LogP contribution in [0.4, 0.5) is 5.82 Å². The van der Waals surface area contributed by atoms with E-state index >= 15 is 0 Å². The highest BCUT2D eigenvalue weighted by Crippen LogP contribution is 2.25. The number of sulfonamides is 1. The smallest absolute Gasteiger partial charge is 0.262 e. The second kappa shape index (κ2) is 6.54. The summed E-state index contributed by atoms with van der Waals surface area (Å²) >= 11 is 0. The van der Waals surface area contributed by atoms with E-state index in [1.54, 1.807) is 16.6 Å². The van der Waals surface area contributed by atoms with Crippen molar-refractivity contribution in [1.82, 2.24) is 4.31 Å². The summed E-state index contributed by atoms with van der Waals surface area (Å²) in [5, 5.41) is 0. The van der Waals surface area contributed by atoms with Crippen LogP contribution >= 0.6 is 0 Å². The average Bonchev–Trinajstić information content (AvgIpc) is 3.10. The maximum absolute atomic E-state index is 12.5. The third-order valence-electron chi connectivity index (χ3n) is 4.97. The number of nitrogens with one attached hydrogen (secondary N) is 1. The zero-order chi connectivity index (χ0) is 15.6. The molecule has 1 aromatic heterocycles. The van der Waals surface area contributed by atoms with Gasteiger partial charge in [0.1, 0.15) is 11.1 Å². The Morgan fingerprint density at radius 2 is 1.77 bits per heavy atom. The Hall–Kier alpha value is -1.14. The van der Waals surface area contributed by atoms with E-state index in [4.69, 9.17) is 0 Å². The summed E-state index contributed by atoms with van der Waals surface area (Å²) < 4.78 is 26.6. The van der Waals surface area contributed by atoms with Crippen LogP contribution in [0.15, 0.2) is 23.2 Å². The molecule has 0 atom stereocenters. The molecule has 0 aromatic carbocycles. The highest BCUT2D eigenvalue weighted by Gasteiger charge is 2.29. The van der Waals surface area contributed by atoms with Gasteiger partial charge in [-0.15, -0.1) is 0 Å². The highest BCUT2D eigenvalue weighted by molar-refractivity contribution is 7.89. The molecule has 1 N–H and O–H groups in total. The first kappa shape index (κ1) is 15.7. The van der Waals surface area contributed by atoms with E-state index in [1.165, 1.54) is 32.1 Å². The Bertz CT molecular complexity index is 588. The lowest BCUT2D eigenvalue weighted by atomic mass is 9.94. The van der Waals surface area contributed by atoms with Crippen LogP contribution < -0.4 is 9.88 Å². The van der Waals surface area contributed by atoms with Crippen LogP contribution in [0.1, 0.15) is 44.9 Å². The van der Waals surface area contributed by atoms with Crippen molar-refractivity contribution in [2.75, 3.05) is 25.0 Å². The summed E-state index contributed by atoms with van der Waals surface area (Å²) in [4.78, 5) is 5.81. The quantitative estimate of drug-likeness (QED) is 0.852. The van der Waals surface area contributed by atoms with Crippen molar-refractivity contribution < 1.29 is 13.4 Å². The number of aromatic amines is 1. The molecule has 0 bridgehead atoms. The fourth-order valence-electron chi connectivity index (χ4n) is 3.52. The predicted octanol–water partition coefficient (Wildman–Crippen LogP) is 2.05. The van der Waals surface area contributed by atoms with Gasteiger partial charge in [0.2, 0.25) is 10.0 Å². The van der Waals surface area contributed by atoms with Crippen LogP contribution in [-0.2, 0) is 10.0 Å². The normalized spacial score (nSPS) is 21.1. The number of pyridine rings is 1. The van der Waals surface area contributed by atoms with E-state index in [0.29, 0.717) is 24.0 Å². The summed E-state index contributed by atoms with van der Waals surface area (Å²) in [6, 6.07) is 4.20. The Balaban J connectivity index is 1.74. The molecule has 3 rings (SSSR count). The summed E-state index contributed by atoms with van der Waals surface area (Å²) in [7, 11) is -1.23. The Morgan fingerprint density at radius 1 is 1.09 bits per heavy atom. The molecule has 0 spiro atoms. The van der Waals surface area contributed by atoms with E-state index in [0.717, 1.165) is 18.7 Å². The molecule has 1 aliphatic heterocycles. The molecule has 5 nitrogen and oxygen atoms in total. The SMILES string of the molecule is CN(c1ccc(S(=O)(=O)N2CCCC2)c[nH+]1)C1CCCCC1. The number of anilines is 1. The molecule has 1 saturated carbocycles. The Kier molecular flexibility index (Phi) is 4.68. The third-order valence-corrected chi connectivity index (χ3v) is 6.87. The van der Waals surface area contributed by atoms with Gasteiger partial charge in [-0.1, -0.05) is 6.42 Å². The number of nitrogens with zero attached hydrogens (tertiary/aromatic N) is 2. The van der Waals surface area contributed by atoms with Crippen molar-refractivity contribution in [2.24, 2.45) is 0 Å². The molecule has 2 aliphatic rings. The molecule has 1 saturated heterocycles. The molecule has 6 heteroatoms. The van der Waals surface area contributed by atoms with Gasteiger partial charge in [-0.05, 0) is 44.6 Å². The van der Waals surface area contributed by atoms with E-state index in [2.05, 4.69) is 16.9 Å². The molecule has 22 heavy (non-hydrogen) atoms. The third kappa shape index (κ3) is 3.13. The molecule has 0 amide bonds. The molecular weight excluding hydrogens is 298 g/mol. The van der Waals surface area contributed by atoms with Crippen molar-refractivity contribution in [3.63, 3.8) is 0 Å². The first-order valence-corrected chi connectivity index (χ1v) is 9.78. The Labute approximate surface area is 133 Å². The summed E-state index contributed by atoms with van der Waals surface area (Å²) in [5.74, 6) is 0.993. The zero-order valence-electron chi connectivity index (χ0n) is 13.3. The van der Waals surface area contributed by atoms with Crippen LogP contribution in [0.3, 0.4) is 0 Å². The molecule has 122 valence electrons. The first-order valence-electron chi connectivity index (χ1n) is 8.34. The predicted molar refractivity (Wildman–Crippen MR) is 86.3 cm³/mol. The lowest BCUT2D eigenvalue weighted by molar-refractivity contribution is -0.367. The molecule has 0 radical (unpaired) electrons. The highest BCUT2D eigenvalue weighted by atomic mass is 32.2. The van der Waals surface area contributed by atoms with Gasteiger partial charge < -0.3 is 0 Å². The molecular formula is C16H26N3O2S+. The van der Waals surface area contributed by atoms with Gasteiger partial charge in [-0.3, -0.25) is 4.90 Å². The minimum absolute atomic E-state index is 0.371. The first-order chi connectivity index (χ1) is 10.6. The van der Waals surface area contributed by atoms with Gasteiger partial charge in [0, 0.05) is 19.2 Å². The molecule has 1 aliphatic carbocycles. The van der Waals surface area contributed by atoms with Crippen LogP contribution in [-0.4, -0.2) is 38.9 Å². The van der Waals surface area contributed by atoms with E-state index in [1.807, 2.05) is 6.07 Å². The van der Waals surface area contributed by atoms with Gasteiger partial charge in [0.05, 0.1) is 13.1 Å². The van der Waals surface area contributed by atoms with Gasteiger partial charge in [0.15, 0.2) is 0 Å². The topological polar surface area (TPSA) is 54.8 Å². The maximum Gasteiger partial charge on any atom is 0.274 e. The number of hydrogen-bond acceptors (Lipinski definition) is 3. The summed E-state index contributed by atoms with van der Waals surface area (Å²) in [6.45, 7) is 1.29. The monoisotopic (exact) mass is 324 g/mol. The second-order valence-corrected chi connectivity index (χ2v) is 8.36. The molecule has 2 heterocycles. The second-order valence-electron chi connectivity index (χ2n) is 6.42. The van der Waals surface area contributed by atoms with Crippen LogP contribution in [0.5, 0.6) is 0 Å². The Morgan fingerprint density at radius 3 is 2.36 bits per heavy atom. The lowest BCUT2D eigenvalue weighted by Gasteiger charge is -2.26. The summed E-state index contributed by atoms with van der Waals surface area (Å²) in [6.07, 6.45) is 9.92. The summed E-state index contributed by atoms with van der Waals surface area (Å²) in [5.41, 5.74) is 0. The zero-order valence-corrected chi connectivity index (χ0v) is 14.1. The van der Waals surface area contributed by atoms with Gasteiger partial charge in [-0.25, -0.2) is 13.4 Å². The molecule has 1 aromatic rings.